The van der Waals surface area contributed by atoms with Crippen molar-refractivity contribution >= 4 is 29.1 Å². The lowest BCUT2D eigenvalue weighted by atomic mass is 10.1. The minimum Gasteiger partial charge on any atom is -0.508 e. The standard InChI is InChI=1S/C27H33Cl2N3O4/c1-16(2)11-12-31(27(34)21-8-10-23(35-5)26(36-6)25(21)29)15-24-30-17(3)18(4)32(24)14-19-13-20(28)7-9-22(19)33/h7-10,13,16,33H,11-12,14-15H2,1-6H3. The number of methoxy groups -OCH3 is 2. The van der Waals surface area contributed by atoms with Gasteiger partial charge in [0.15, 0.2) is 11.5 Å². The minimum atomic E-state index is -0.225. The van der Waals surface area contributed by atoms with Crippen LogP contribution in [0.3, 0.4) is 0 Å². The number of phenols is 1. The molecule has 0 unspecified atom stereocenters. The Morgan fingerprint density at radius 2 is 1.86 bits per heavy atom. The van der Waals surface area contributed by atoms with Crippen LogP contribution >= 0.6 is 23.2 Å². The summed E-state index contributed by atoms with van der Waals surface area (Å²) in [6, 6.07) is 8.29. The van der Waals surface area contributed by atoms with Gasteiger partial charge in [0.05, 0.1) is 43.6 Å². The van der Waals surface area contributed by atoms with Crippen molar-refractivity contribution in [2.24, 2.45) is 5.92 Å². The van der Waals surface area contributed by atoms with E-state index in [9.17, 15) is 9.90 Å². The summed E-state index contributed by atoms with van der Waals surface area (Å²) < 4.78 is 12.7. The molecule has 1 aromatic heterocycles. The highest BCUT2D eigenvalue weighted by atomic mass is 35.5. The second kappa shape index (κ2) is 11.9. The molecule has 0 radical (unpaired) electrons. The molecule has 0 aliphatic carbocycles. The molecule has 0 saturated heterocycles. The van der Waals surface area contributed by atoms with Gasteiger partial charge in [0.1, 0.15) is 11.6 Å². The quantitative estimate of drug-likeness (QED) is 0.332. The zero-order valence-electron chi connectivity index (χ0n) is 21.6. The summed E-state index contributed by atoms with van der Waals surface area (Å²) in [4.78, 5) is 20.3. The van der Waals surface area contributed by atoms with Gasteiger partial charge in [-0.05, 0) is 56.5 Å². The van der Waals surface area contributed by atoms with Gasteiger partial charge < -0.3 is 24.0 Å². The molecule has 36 heavy (non-hydrogen) atoms. The number of amides is 1. The maximum atomic E-state index is 13.8. The van der Waals surface area contributed by atoms with E-state index in [0.717, 1.165) is 17.8 Å². The zero-order chi connectivity index (χ0) is 26.6. The molecule has 1 amide bonds. The molecule has 0 atom stereocenters. The van der Waals surface area contributed by atoms with E-state index in [0.29, 0.717) is 52.5 Å². The molecule has 9 heteroatoms. The van der Waals surface area contributed by atoms with Crippen LogP contribution in [-0.4, -0.2) is 46.2 Å². The van der Waals surface area contributed by atoms with Gasteiger partial charge in [-0.3, -0.25) is 4.79 Å². The summed E-state index contributed by atoms with van der Waals surface area (Å²) in [5.74, 6) is 1.80. The van der Waals surface area contributed by atoms with Crippen LogP contribution < -0.4 is 9.47 Å². The van der Waals surface area contributed by atoms with Crippen LogP contribution in [0.5, 0.6) is 17.2 Å². The predicted octanol–water partition coefficient (Wildman–Crippen LogP) is 6.27. The maximum absolute atomic E-state index is 13.8. The number of aromatic nitrogens is 2. The van der Waals surface area contributed by atoms with Crippen LogP contribution in [0.2, 0.25) is 10.0 Å². The summed E-state index contributed by atoms with van der Waals surface area (Å²) in [5, 5.41) is 11.1. The molecule has 0 spiro atoms. The van der Waals surface area contributed by atoms with E-state index in [1.807, 2.05) is 18.4 Å². The lowest BCUT2D eigenvalue weighted by Crippen LogP contribution is -2.33. The minimum absolute atomic E-state index is 0.154. The van der Waals surface area contributed by atoms with E-state index in [4.69, 9.17) is 37.7 Å². The largest absolute Gasteiger partial charge is 0.508 e. The first-order valence-corrected chi connectivity index (χ1v) is 12.5. The number of ether oxygens (including phenoxy) is 2. The van der Waals surface area contributed by atoms with Crippen LogP contribution in [0.15, 0.2) is 30.3 Å². The Labute approximate surface area is 222 Å². The summed E-state index contributed by atoms with van der Waals surface area (Å²) in [7, 11) is 3.01. The van der Waals surface area contributed by atoms with Gasteiger partial charge in [-0.1, -0.05) is 37.0 Å². The molecular weight excluding hydrogens is 501 g/mol. The normalized spacial score (nSPS) is 11.1. The smallest absolute Gasteiger partial charge is 0.255 e. The highest BCUT2D eigenvalue weighted by Gasteiger charge is 2.25. The number of hydrogen-bond donors (Lipinski definition) is 1. The Hall–Kier alpha value is -2.90. The van der Waals surface area contributed by atoms with E-state index < -0.39 is 0 Å². The van der Waals surface area contributed by atoms with Gasteiger partial charge in [-0.25, -0.2) is 4.98 Å². The summed E-state index contributed by atoms with van der Waals surface area (Å²) in [6.45, 7) is 9.29. The number of halogens is 2. The Balaban J connectivity index is 2.00. The third-order valence-corrected chi connectivity index (χ3v) is 6.83. The van der Waals surface area contributed by atoms with Gasteiger partial charge in [-0.15, -0.1) is 0 Å². The predicted molar refractivity (Wildman–Crippen MR) is 143 cm³/mol. The molecule has 0 aliphatic heterocycles. The van der Waals surface area contributed by atoms with Crippen LogP contribution in [-0.2, 0) is 13.1 Å². The van der Waals surface area contributed by atoms with Gasteiger partial charge in [0, 0.05) is 22.8 Å². The molecule has 0 bridgehead atoms. The Morgan fingerprint density at radius 1 is 1.14 bits per heavy atom. The number of hydrogen-bond acceptors (Lipinski definition) is 5. The molecule has 3 rings (SSSR count). The lowest BCUT2D eigenvalue weighted by Gasteiger charge is -2.25. The Bertz CT molecular complexity index is 1240. The number of aromatic hydroxyl groups is 1. The number of aryl methyl sites for hydroxylation is 1. The zero-order valence-corrected chi connectivity index (χ0v) is 23.1. The van der Waals surface area contributed by atoms with E-state index in [1.54, 1.807) is 35.2 Å². The number of nitrogens with zero attached hydrogens (tertiary/aromatic N) is 3. The topological polar surface area (TPSA) is 76.8 Å². The van der Waals surface area contributed by atoms with Crippen molar-refractivity contribution in [3.05, 3.63) is 68.7 Å². The summed E-state index contributed by atoms with van der Waals surface area (Å²) in [6.07, 6.45) is 0.810. The second-order valence-electron chi connectivity index (χ2n) is 9.13. The Kier molecular flexibility index (Phi) is 9.14. The number of imidazole rings is 1. The van der Waals surface area contributed by atoms with Gasteiger partial charge in [0.25, 0.3) is 5.91 Å². The van der Waals surface area contributed by atoms with Crippen molar-refractivity contribution in [1.29, 1.82) is 0 Å². The number of carbonyl (C=O) groups is 1. The SMILES string of the molecule is COc1ccc(C(=O)N(CCC(C)C)Cc2nc(C)c(C)n2Cc2cc(Cl)ccc2O)c(Cl)c1OC. The molecule has 1 heterocycles. The van der Waals surface area contributed by atoms with E-state index >= 15 is 0 Å². The van der Waals surface area contributed by atoms with Crippen molar-refractivity contribution in [2.75, 3.05) is 20.8 Å². The molecule has 194 valence electrons. The molecule has 0 saturated carbocycles. The fraction of sp³-hybridized carbons (Fsp3) is 0.407. The molecule has 3 aromatic rings. The van der Waals surface area contributed by atoms with Crippen molar-refractivity contribution in [3.63, 3.8) is 0 Å². The van der Waals surface area contributed by atoms with Crippen molar-refractivity contribution in [2.45, 2.75) is 47.2 Å². The molecule has 7 nitrogen and oxygen atoms in total. The third kappa shape index (κ3) is 6.08. The first kappa shape index (κ1) is 27.7. The van der Waals surface area contributed by atoms with Crippen LogP contribution in [0.4, 0.5) is 0 Å². The molecule has 1 N–H and O–H groups in total. The third-order valence-electron chi connectivity index (χ3n) is 6.22. The summed E-state index contributed by atoms with van der Waals surface area (Å²) >= 11 is 12.8. The molecule has 2 aromatic carbocycles. The van der Waals surface area contributed by atoms with Crippen LogP contribution in [0, 0.1) is 19.8 Å². The van der Waals surface area contributed by atoms with Crippen molar-refractivity contribution in [1.82, 2.24) is 14.5 Å². The molecule has 0 aliphatic rings. The Morgan fingerprint density at radius 3 is 2.50 bits per heavy atom. The first-order valence-electron chi connectivity index (χ1n) is 11.8. The summed E-state index contributed by atoms with van der Waals surface area (Å²) in [5.41, 5.74) is 2.81. The molecular formula is C27H33Cl2N3O4. The van der Waals surface area contributed by atoms with Gasteiger partial charge >= 0.3 is 0 Å². The number of benzene rings is 2. The average Bonchev–Trinajstić information content (AvgIpc) is 3.10. The van der Waals surface area contributed by atoms with Crippen molar-refractivity contribution in [3.8, 4) is 17.2 Å². The number of carbonyl (C=O) groups excluding carboxylic acids is 1. The number of rotatable bonds is 10. The highest BCUT2D eigenvalue weighted by molar-refractivity contribution is 6.35. The van der Waals surface area contributed by atoms with Crippen LogP contribution in [0.25, 0.3) is 0 Å². The fourth-order valence-electron chi connectivity index (χ4n) is 3.97. The number of phenolic OH excluding ortho intramolecular Hbond substituents is 1. The van der Waals surface area contributed by atoms with Crippen molar-refractivity contribution < 1.29 is 19.4 Å². The van der Waals surface area contributed by atoms with E-state index in [-0.39, 0.29) is 23.2 Å². The molecule has 0 fully saturated rings. The van der Waals surface area contributed by atoms with E-state index in [2.05, 4.69) is 13.8 Å². The van der Waals surface area contributed by atoms with Gasteiger partial charge in [0.2, 0.25) is 0 Å². The fourth-order valence-corrected chi connectivity index (χ4v) is 4.48. The second-order valence-corrected chi connectivity index (χ2v) is 9.94. The highest BCUT2D eigenvalue weighted by Crippen LogP contribution is 2.38. The maximum Gasteiger partial charge on any atom is 0.255 e. The first-order chi connectivity index (χ1) is 17.1. The van der Waals surface area contributed by atoms with E-state index in [1.165, 1.54) is 14.2 Å². The lowest BCUT2D eigenvalue weighted by molar-refractivity contribution is 0.0729. The monoisotopic (exact) mass is 533 g/mol. The van der Waals surface area contributed by atoms with Gasteiger partial charge in [-0.2, -0.15) is 0 Å². The average molecular weight is 534 g/mol. The van der Waals surface area contributed by atoms with Crippen LogP contribution in [0.1, 0.15) is 53.4 Å².